The Morgan fingerprint density at radius 3 is 2.86 bits per heavy atom. The van der Waals surface area contributed by atoms with E-state index < -0.39 is 11.4 Å². The maximum absolute atomic E-state index is 13.3. The highest BCUT2D eigenvalue weighted by Gasteiger charge is 2.26. The van der Waals surface area contributed by atoms with Crippen molar-refractivity contribution in [1.82, 2.24) is 14.8 Å². The molecule has 5 heteroatoms. The quantitative estimate of drug-likeness (QED) is 0.941. The van der Waals surface area contributed by atoms with Crippen molar-refractivity contribution in [2.45, 2.75) is 50.7 Å². The third-order valence-corrected chi connectivity index (χ3v) is 4.21. The molecule has 3 rings (SSSR count). The normalized spacial score (nSPS) is 18.8. The van der Waals surface area contributed by atoms with Gasteiger partial charge in [0.25, 0.3) is 0 Å². The van der Waals surface area contributed by atoms with Crippen molar-refractivity contribution >= 4 is 0 Å². The van der Waals surface area contributed by atoms with Crippen LogP contribution in [-0.4, -0.2) is 19.9 Å². The lowest BCUT2D eigenvalue weighted by Crippen LogP contribution is -2.25. The summed E-state index contributed by atoms with van der Waals surface area (Å²) in [4.78, 5) is 3.80. The van der Waals surface area contributed by atoms with Crippen molar-refractivity contribution in [3.8, 4) is 0 Å². The topological polar surface area (TPSA) is 50.9 Å². The molecule has 4 nitrogen and oxygen atoms in total. The van der Waals surface area contributed by atoms with Crippen LogP contribution in [0.25, 0.3) is 0 Å². The molecule has 2 aromatic rings. The highest BCUT2D eigenvalue weighted by molar-refractivity contribution is 5.20. The summed E-state index contributed by atoms with van der Waals surface area (Å²) in [7, 11) is 0. The first kappa shape index (κ1) is 14.2. The molecule has 1 aliphatic rings. The predicted molar refractivity (Wildman–Crippen MR) is 77.2 cm³/mol. The highest BCUT2D eigenvalue weighted by Crippen LogP contribution is 2.30. The molecule has 1 N–H and O–H groups in total. The van der Waals surface area contributed by atoms with E-state index >= 15 is 0 Å². The van der Waals surface area contributed by atoms with Gasteiger partial charge in [-0.15, -0.1) is 0 Å². The van der Waals surface area contributed by atoms with E-state index in [9.17, 15) is 9.50 Å². The van der Waals surface area contributed by atoms with Crippen molar-refractivity contribution in [1.29, 1.82) is 0 Å². The summed E-state index contributed by atoms with van der Waals surface area (Å²) in [5.41, 5.74) is 0.110. The lowest BCUT2D eigenvalue weighted by atomic mass is 9.92. The fourth-order valence-electron chi connectivity index (χ4n) is 3.00. The molecule has 1 saturated carbocycles. The lowest BCUT2D eigenvalue weighted by Gasteiger charge is -2.22. The first-order valence-electron chi connectivity index (χ1n) is 7.42. The number of pyridine rings is 1. The molecule has 21 heavy (non-hydrogen) atoms. The van der Waals surface area contributed by atoms with Gasteiger partial charge in [-0.25, -0.2) is 4.39 Å². The van der Waals surface area contributed by atoms with Crippen molar-refractivity contribution in [3.63, 3.8) is 0 Å². The zero-order valence-electron chi connectivity index (χ0n) is 12.2. The van der Waals surface area contributed by atoms with Gasteiger partial charge in [0, 0.05) is 24.4 Å². The molecule has 112 valence electrons. The smallest absolute Gasteiger partial charge is 0.141 e. The van der Waals surface area contributed by atoms with E-state index in [1.54, 1.807) is 6.92 Å². The van der Waals surface area contributed by atoms with Crippen LogP contribution >= 0.6 is 0 Å². The maximum atomic E-state index is 13.3. The molecule has 0 amide bonds. The zero-order chi connectivity index (χ0) is 14.9. The Morgan fingerprint density at radius 1 is 1.38 bits per heavy atom. The van der Waals surface area contributed by atoms with Gasteiger partial charge in [0.2, 0.25) is 0 Å². The van der Waals surface area contributed by atoms with E-state index in [2.05, 4.69) is 10.1 Å². The van der Waals surface area contributed by atoms with Gasteiger partial charge < -0.3 is 5.11 Å². The Morgan fingerprint density at radius 2 is 2.14 bits per heavy atom. The summed E-state index contributed by atoms with van der Waals surface area (Å²) >= 11 is 0. The monoisotopic (exact) mass is 289 g/mol. The van der Waals surface area contributed by atoms with E-state index in [4.69, 9.17) is 0 Å². The molecular formula is C16H20FN3O. The van der Waals surface area contributed by atoms with Crippen LogP contribution in [0.2, 0.25) is 0 Å². The van der Waals surface area contributed by atoms with E-state index in [1.165, 1.54) is 37.9 Å². The average Bonchev–Trinajstić information content (AvgIpc) is 3.08. The zero-order valence-corrected chi connectivity index (χ0v) is 12.2. The fourth-order valence-corrected chi connectivity index (χ4v) is 3.00. The molecule has 2 aromatic heterocycles. The average molecular weight is 289 g/mol. The number of halogens is 1. The minimum atomic E-state index is -1.18. The van der Waals surface area contributed by atoms with Gasteiger partial charge in [-0.1, -0.05) is 12.8 Å². The number of rotatable bonds is 4. The molecule has 0 radical (unpaired) electrons. The van der Waals surface area contributed by atoms with E-state index in [0.717, 1.165) is 11.9 Å². The number of aliphatic hydroxyl groups is 1. The second-order valence-electron chi connectivity index (χ2n) is 6.07. The van der Waals surface area contributed by atoms with Crippen LogP contribution in [0.4, 0.5) is 4.39 Å². The first-order valence-corrected chi connectivity index (χ1v) is 7.42. The highest BCUT2D eigenvalue weighted by atomic mass is 19.1. The summed E-state index contributed by atoms with van der Waals surface area (Å²) in [5.74, 6) is -0.441. The minimum Gasteiger partial charge on any atom is -0.385 e. The molecule has 0 aliphatic heterocycles. The SMILES string of the molecule is CC(O)(Cc1ccn(C2CCCC2)n1)c1cncc(F)c1. The maximum Gasteiger partial charge on any atom is 0.141 e. The van der Waals surface area contributed by atoms with Crippen LogP contribution in [0, 0.1) is 5.82 Å². The van der Waals surface area contributed by atoms with Gasteiger partial charge in [-0.3, -0.25) is 9.67 Å². The Labute approximate surface area is 123 Å². The number of hydrogen-bond donors (Lipinski definition) is 1. The van der Waals surface area contributed by atoms with Gasteiger partial charge in [0.15, 0.2) is 0 Å². The van der Waals surface area contributed by atoms with Gasteiger partial charge in [0.1, 0.15) is 5.82 Å². The van der Waals surface area contributed by atoms with Crippen LogP contribution < -0.4 is 0 Å². The van der Waals surface area contributed by atoms with Crippen molar-refractivity contribution in [2.24, 2.45) is 0 Å². The third kappa shape index (κ3) is 3.13. The minimum absolute atomic E-state index is 0.345. The standard InChI is InChI=1S/C16H20FN3O/c1-16(21,12-8-13(17)11-18-10-12)9-14-6-7-20(19-14)15-4-2-3-5-15/h6-8,10-11,15,21H,2-5,9H2,1H3. The lowest BCUT2D eigenvalue weighted by molar-refractivity contribution is 0.0556. The van der Waals surface area contributed by atoms with Crippen molar-refractivity contribution in [3.05, 3.63) is 47.8 Å². The Balaban J connectivity index is 1.76. The molecule has 0 saturated heterocycles. The Hall–Kier alpha value is -1.75. The van der Waals surface area contributed by atoms with Crippen molar-refractivity contribution in [2.75, 3.05) is 0 Å². The van der Waals surface area contributed by atoms with Crippen LogP contribution in [0.15, 0.2) is 30.7 Å². The molecule has 0 aromatic carbocycles. The second kappa shape index (κ2) is 5.56. The molecule has 0 spiro atoms. The Bertz CT molecular complexity index is 617. The molecular weight excluding hydrogens is 269 g/mol. The molecule has 1 aliphatic carbocycles. The van der Waals surface area contributed by atoms with Crippen LogP contribution in [0.1, 0.15) is 49.9 Å². The van der Waals surface area contributed by atoms with Gasteiger partial charge in [-0.05, 0) is 31.9 Å². The molecule has 2 heterocycles. The Kier molecular flexibility index (Phi) is 3.76. The molecule has 1 atom stereocenters. The largest absolute Gasteiger partial charge is 0.385 e. The fraction of sp³-hybridized carbons (Fsp3) is 0.500. The molecule has 1 fully saturated rings. The second-order valence-corrected chi connectivity index (χ2v) is 6.07. The first-order chi connectivity index (χ1) is 10.0. The van der Waals surface area contributed by atoms with E-state index in [1.807, 2.05) is 16.9 Å². The molecule has 1 unspecified atom stereocenters. The van der Waals surface area contributed by atoms with Crippen molar-refractivity contribution < 1.29 is 9.50 Å². The summed E-state index contributed by atoms with van der Waals surface area (Å²) < 4.78 is 15.3. The summed E-state index contributed by atoms with van der Waals surface area (Å²) in [6.45, 7) is 1.66. The number of nitrogens with zero attached hydrogens (tertiary/aromatic N) is 3. The summed E-state index contributed by atoms with van der Waals surface area (Å²) in [6.07, 6.45) is 9.81. The van der Waals surface area contributed by atoms with Crippen LogP contribution in [0.5, 0.6) is 0 Å². The van der Waals surface area contributed by atoms with E-state index in [-0.39, 0.29) is 0 Å². The molecule has 0 bridgehead atoms. The van der Waals surface area contributed by atoms with Gasteiger partial charge >= 0.3 is 0 Å². The summed E-state index contributed by atoms with van der Waals surface area (Å²) in [5, 5.41) is 15.2. The third-order valence-electron chi connectivity index (χ3n) is 4.21. The predicted octanol–water partition coefficient (Wildman–Crippen LogP) is 2.98. The van der Waals surface area contributed by atoms with Gasteiger partial charge in [-0.2, -0.15) is 5.10 Å². The summed E-state index contributed by atoms with van der Waals surface area (Å²) in [6, 6.07) is 3.74. The van der Waals surface area contributed by atoms with Crippen LogP contribution in [0.3, 0.4) is 0 Å². The van der Waals surface area contributed by atoms with Crippen LogP contribution in [-0.2, 0) is 12.0 Å². The number of hydrogen-bond acceptors (Lipinski definition) is 3. The van der Waals surface area contributed by atoms with E-state index in [0.29, 0.717) is 18.0 Å². The number of aromatic nitrogens is 3. The van der Waals surface area contributed by atoms with Gasteiger partial charge in [0.05, 0.1) is 23.5 Å².